The van der Waals surface area contributed by atoms with Gasteiger partial charge < -0.3 is 10.8 Å². The second-order valence-corrected chi connectivity index (χ2v) is 10.8. The zero-order valence-electron chi connectivity index (χ0n) is 20.0. The van der Waals surface area contributed by atoms with E-state index in [1.54, 1.807) is 12.1 Å². The second kappa shape index (κ2) is 8.55. The van der Waals surface area contributed by atoms with Gasteiger partial charge in [-0.05, 0) is 70.6 Å². The van der Waals surface area contributed by atoms with Crippen molar-refractivity contribution < 1.29 is 9.90 Å². The number of aromatic hydroxyl groups is 1. The molecule has 0 spiro atoms. The van der Waals surface area contributed by atoms with Gasteiger partial charge in [0.1, 0.15) is 5.75 Å². The van der Waals surface area contributed by atoms with Crippen molar-refractivity contribution >= 4 is 11.5 Å². The van der Waals surface area contributed by atoms with Crippen LogP contribution in [0.2, 0.25) is 0 Å². The molecule has 4 rings (SSSR count). The molecule has 0 saturated heterocycles. The highest BCUT2D eigenvalue weighted by molar-refractivity contribution is 6.04. The van der Waals surface area contributed by atoms with Gasteiger partial charge in [-0.2, -0.15) is 0 Å². The Hall–Kier alpha value is -3.33. The van der Waals surface area contributed by atoms with Crippen LogP contribution in [0.4, 0.5) is 0 Å². The molecule has 0 atom stereocenters. The molecule has 1 amide bonds. The zero-order valence-corrected chi connectivity index (χ0v) is 20.0. The van der Waals surface area contributed by atoms with Crippen molar-refractivity contribution in [2.75, 3.05) is 0 Å². The minimum absolute atomic E-state index is 0.133. The van der Waals surface area contributed by atoms with Gasteiger partial charge in [0.15, 0.2) is 0 Å². The van der Waals surface area contributed by atoms with Gasteiger partial charge in [-0.15, -0.1) is 0 Å². The third kappa shape index (κ3) is 4.88. The van der Waals surface area contributed by atoms with Crippen LogP contribution in [0.5, 0.6) is 5.75 Å². The molecule has 0 heterocycles. The Balaban J connectivity index is 2.10. The highest BCUT2D eigenvalue weighted by atomic mass is 16.3. The summed E-state index contributed by atoms with van der Waals surface area (Å²) in [6.45, 7) is 9.28. The lowest BCUT2D eigenvalue weighted by Gasteiger charge is -2.43. The minimum Gasteiger partial charge on any atom is -0.508 e. The first-order valence-electron chi connectivity index (χ1n) is 11.6. The topological polar surface area (TPSA) is 63.3 Å². The Labute approximate surface area is 197 Å². The number of allylic oxidation sites excluding steroid dienone is 1. The monoisotopic (exact) mass is 439 g/mol. The maximum absolute atomic E-state index is 12.7. The van der Waals surface area contributed by atoms with E-state index in [0.29, 0.717) is 5.56 Å². The van der Waals surface area contributed by atoms with Gasteiger partial charge in [0.25, 0.3) is 0 Å². The summed E-state index contributed by atoms with van der Waals surface area (Å²) in [5, 5.41) is 9.97. The lowest BCUT2D eigenvalue weighted by atomic mass is 9.62. The van der Waals surface area contributed by atoms with Gasteiger partial charge in [0.05, 0.1) is 0 Å². The third-order valence-corrected chi connectivity index (χ3v) is 6.52. The van der Waals surface area contributed by atoms with E-state index in [4.69, 9.17) is 5.73 Å². The average Bonchev–Trinajstić information content (AvgIpc) is 2.73. The lowest BCUT2D eigenvalue weighted by Crippen LogP contribution is -2.30. The molecule has 33 heavy (non-hydrogen) atoms. The number of primary amides is 1. The van der Waals surface area contributed by atoms with E-state index in [-0.39, 0.29) is 16.6 Å². The van der Waals surface area contributed by atoms with Crippen molar-refractivity contribution in [3.8, 4) is 16.9 Å². The molecule has 0 unspecified atom stereocenters. The fourth-order valence-corrected chi connectivity index (χ4v) is 5.85. The summed E-state index contributed by atoms with van der Waals surface area (Å²) >= 11 is 0. The van der Waals surface area contributed by atoms with Crippen LogP contribution < -0.4 is 5.73 Å². The van der Waals surface area contributed by atoms with E-state index < -0.39 is 5.91 Å². The van der Waals surface area contributed by atoms with E-state index in [0.717, 1.165) is 47.1 Å². The predicted octanol–water partition coefficient (Wildman–Crippen LogP) is 7.20. The standard InChI is InChI=1S/C30H33NO2/c1-29(2)17-22(18-30(3,4)19-29)26(21-13-15-23(32)16-14-21)27-24(20-9-6-5-7-10-20)11-8-12-25(27)28(31)33/h5-16,32H,17-19H2,1-4H3,(H2,31,33). The molecule has 3 N–H and O–H groups in total. The summed E-state index contributed by atoms with van der Waals surface area (Å²) in [5.41, 5.74) is 13.0. The molecule has 3 aromatic carbocycles. The summed E-state index contributed by atoms with van der Waals surface area (Å²) in [6, 6.07) is 23.3. The number of carbonyl (C=O) groups excluding carboxylic acids is 1. The molecule has 0 aromatic heterocycles. The molecule has 1 aliphatic carbocycles. The molecule has 0 aliphatic heterocycles. The first kappa shape index (κ1) is 22.8. The molecule has 0 bridgehead atoms. The second-order valence-electron chi connectivity index (χ2n) is 10.8. The summed E-state index contributed by atoms with van der Waals surface area (Å²) in [6.07, 6.45) is 3.01. The molecule has 1 aliphatic rings. The molecule has 1 fully saturated rings. The van der Waals surface area contributed by atoms with E-state index in [1.807, 2.05) is 42.5 Å². The lowest BCUT2D eigenvalue weighted by molar-refractivity contribution is 0.1000. The Kier molecular flexibility index (Phi) is 5.92. The number of hydrogen-bond acceptors (Lipinski definition) is 2. The Bertz CT molecular complexity index is 1180. The van der Waals surface area contributed by atoms with Gasteiger partial charge in [-0.25, -0.2) is 0 Å². The largest absolute Gasteiger partial charge is 0.508 e. The van der Waals surface area contributed by atoms with Crippen LogP contribution in [-0.2, 0) is 0 Å². The number of amides is 1. The molecule has 3 heteroatoms. The van der Waals surface area contributed by atoms with Crippen LogP contribution in [0.15, 0.2) is 78.4 Å². The summed E-state index contributed by atoms with van der Waals surface area (Å²) < 4.78 is 0. The van der Waals surface area contributed by atoms with Crippen molar-refractivity contribution in [3.05, 3.63) is 95.1 Å². The Morgan fingerprint density at radius 1 is 0.818 bits per heavy atom. The number of hydrogen-bond donors (Lipinski definition) is 2. The maximum Gasteiger partial charge on any atom is 0.249 e. The predicted molar refractivity (Wildman–Crippen MR) is 136 cm³/mol. The summed E-state index contributed by atoms with van der Waals surface area (Å²) in [4.78, 5) is 12.7. The molecular formula is C30H33NO2. The number of rotatable bonds is 4. The highest BCUT2D eigenvalue weighted by Gasteiger charge is 2.37. The van der Waals surface area contributed by atoms with Crippen molar-refractivity contribution in [1.29, 1.82) is 0 Å². The van der Waals surface area contributed by atoms with Crippen molar-refractivity contribution in [3.63, 3.8) is 0 Å². The van der Waals surface area contributed by atoms with Crippen LogP contribution in [0, 0.1) is 10.8 Å². The van der Waals surface area contributed by atoms with Crippen LogP contribution in [0.25, 0.3) is 16.7 Å². The fourth-order valence-electron chi connectivity index (χ4n) is 5.85. The van der Waals surface area contributed by atoms with Crippen molar-refractivity contribution in [2.24, 2.45) is 16.6 Å². The first-order valence-corrected chi connectivity index (χ1v) is 11.6. The van der Waals surface area contributed by atoms with E-state index in [2.05, 4.69) is 45.9 Å². The SMILES string of the molecule is CC1(C)CC(=C(c2ccc(O)cc2)c2c(C(N)=O)cccc2-c2ccccc2)CC(C)(C)C1. The molecule has 3 aromatic rings. The highest BCUT2D eigenvalue weighted by Crippen LogP contribution is 2.52. The Morgan fingerprint density at radius 3 is 2.00 bits per heavy atom. The van der Waals surface area contributed by atoms with E-state index in [9.17, 15) is 9.90 Å². The summed E-state index contributed by atoms with van der Waals surface area (Å²) in [5.74, 6) is -0.215. The zero-order chi connectivity index (χ0) is 23.8. The number of phenols is 1. The number of phenolic OH excluding ortho intramolecular Hbond substituents is 1. The van der Waals surface area contributed by atoms with Crippen LogP contribution >= 0.6 is 0 Å². The average molecular weight is 440 g/mol. The van der Waals surface area contributed by atoms with Crippen molar-refractivity contribution in [1.82, 2.24) is 0 Å². The smallest absolute Gasteiger partial charge is 0.249 e. The number of nitrogens with two attached hydrogens (primary N) is 1. The quantitative estimate of drug-likeness (QED) is 0.451. The van der Waals surface area contributed by atoms with Gasteiger partial charge in [-0.1, -0.05) is 87.9 Å². The summed E-state index contributed by atoms with van der Waals surface area (Å²) in [7, 11) is 0. The van der Waals surface area contributed by atoms with Gasteiger partial charge in [0, 0.05) is 11.1 Å². The number of benzene rings is 3. The normalized spacial score (nSPS) is 16.9. The number of carbonyl (C=O) groups is 1. The van der Waals surface area contributed by atoms with Crippen molar-refractivity contribution in [2.45, 2.75) is 47.0 Å². The fraction of sp³-hybridized carbons (Fsp3) is 0.300. The van der Waals surface area contributed by atoms with Gasteiger partial charge in [0.2, 0.25) is 5.91 Å². The van der Waals surface area contributed by atoms with Crippen LogP contribution in [-0.4, -0.2) is 11.0 Å². The molecule has 3 nitrogen and oxygen atoms in total. The van der Waals surface area contributed by atoms with E-state index in [1.165, 1.54) is 5.57 Å². The van der Waals surface area contributed by atoms with Crippen LogP contribution in [0.1, 0.15) is 68.4 Å². The third-order valence-electron chi connectivity index (χ3n) is 6.52. The first-order chi connectivity index (χ1) is 15.6. The minimum atomic E-state index is -0.436. The molecule has 0 radical (unpaired) electrons. The Morgan fingerprint density at radius 2 is 1.42 bits per heavy atom. The molecule has 1 saturated carbocycles. The van der Waals surface area contributed by atoms with E-state index >= 15 is 0 Å². The van der Waals surface area contributed by atoms with Crippen LogP contribution in [0.3, 0.4) is 0 Å². The maximum atomic E-state index is 12.7. The molecular weight excluding hydrogens is 406 g/mol. The van der Waals surface area contributed by atoms with Gasteiger partial charge in [-0.3, -0.25) is 4.79 Å². The van der Waals surface area contributed by atoms with Gasteiger partial charge >= 0.3 is 0 Å². The molecule has 170 valence electrons.